The van der Waals surface area contributed by atoms with Crippen molar-refractivity contribution >= 4 is 28.1 Å². The molecule has 3 aromatic carbocycles. The molecule has 204 valence electrons. The molecule has 1 unspecified atom stereocenters. The van der Waals surface area contributed by atoms with Crippen LogP contribution in [0.3, 0.4) is 0 Å². The summed E-state index contributed by atoms with van der Waals surface area (Å²) in [7, 11) is 4.68. The third kappa shape index (κ3) is 6.18. The molecule has 0 aliphatic carbocycles. The summed E-state index contributed by atoms with van der Waals surface area (Å²) >= 11 is 0. The Kier molecular flexibility index (Phi) is 8.78. The van der Waals surface area contributed by atoms with E-state index in [9.17, 15) is 9.90 Å². The fourth-order valence-electron chi connectivity index (χ4n) is 4.69. The summed E-state index contributed by atoms with van der Waals surface area (Å²) in [5.74, 6) is 1.23. The van der Waals surface area contributed by atoms with E-state index in [1.54, 1.807) is 27.4 Å². The highest BCUT2D eigenvalue weighted by Crippen LogP contribution is 2.38. The number of aryl methyl sites for hydroxylation is 1. The summed E-state index contributed by atoms with van der Waals surface area (Å²) in [5, 5.41) is 14.2. The number of para-hydroxylation sites is 1. The van der Waals surface area contributed by atoms with Crippen LogP contribution in [0.4, 0.5) is 5.69 Å². The third-order valence-electron chi connectivity index (χ3n) is 6.71. The number of ether oxygens (including phenoxy) is 3. The maximum Gasteiger partial charge on any atom is 0.251 e. The molecule has 0 radical (unpaired) electrons. The molecule has 0 aliphatic heterocycles. The molecule has 8 nitrogen and oxygen atoms in total. The average Bonchev–Trinajstić information content (AvgIpc) is 3.36. The van der Waals surface area contributed by atoms with E-state index >= 15 is 0 Å². The number of aliphatic hydroxyl groups excluding tert-OH is 1. The zero-order valence-electron chi connectivity index (χ0n) is 22.7. The molecule has 5 N–H and O–H groups in total. The lowest BCUT2D eigenvalue weighted by molar-refractivity contribution is -0.116. The van der Waals surface area contributed by atoms with Gasteiger partial charge < -0.3 is 35.4 Å². The summed E-state index contributed by atoms with van der Waals surface area (Å²) in [6, 6.07) is 16.7. The minimum absolute atomic E-state index is 0.214. The van der Waals surface area contributed by atoms with Gasteiger partial charge in [-0.3, -0.25) is 4.79 Å². The van der Waals surface area contributed by atoms with Gasteiger partial charge in [0, 0.05) is 33.9 Å². The number of aromatic amines is 1. The second kappa shape index (κ2) is 12.4. The molecule has 8 heteroatoms. The lowest BCUT2D eigenvalue weighted by Crippen LogP contribution is -2.39. The van der Waals surface area contributed by atoms with Crippen molar-refractivity contribution in [1.29, 1.82) is 0 Å². The van der Waals surface area contributed by atoms with Gasteiger partial charge in [0.1, 0.15) is 0 Å². The van der Waals surface area contributed by atoms with Gasteiger partial charge in [-0.2, -0.15) is 0 Å². The van der Waals surface area contributed by atoms with Crippen molar-refractivity contribution in [3.05, 3.63) is 89.1 Å². The molecule has 4 rings (SSSR count). The van der Waals surface area contributed by atoms with E-state index in [0.717, 1.165) is 27.6 Å². The SMILES string of the molecule is COc1cc(C/C=C(/C(=O)NC(CO)Cc2c[nH]c3ccccc23)c2cc(C)ccc2N)cc(OC)c1OC. The Labute approximate surface area is 228 Å². The number of aliphatic hydroxyl groups is 1. The summed E-state index contributed by atoms with van der Waals surface area (Å²) in [5.41, 5.74) is 11.7. The summed E-state index contributed by atoms with van der Waals surface area (Å²) < 4.78 is 16.4. The highest BCUT2D eigenvalue weighted by Gasteiger charge is 2.21. The average molecular weight is 530 g/mol. The van der Waals surface area contributed by atoms with E-state index in [1.807, 2.05) is 67.7 Å². The first-order valence-corrected chi connectivity index (χ1v) is 12.7. The number of allylic oxidation sites excluding steroid dienone is 1. The molecular formula is C31H35N3O5. The molecule has 0 saturated carbocycles. The van der Waals surface area contributed by atoms with Crippen molar-refractivity contribution in [3.63, 3.8) is 0 Å². The Morgan fingerprint density at radius 1 is 1.05 bits per heavy atom. The number of aromatic nitrogens is 1. The van der Waals surface area contributed by atoms with Gasteiger partial charge in [0.2, 0.25) is 5.75 Å². The van der Waals surface area contributed by atoms with Gasteiger partial charge in [-0.05, 0) is 61.2 Å². The molecular weight excluding hydrogens is 494 g/mol. The van der Waals surface area contributed by atoms with Crippen LogP contribution in [0.25, 0.3) is 16.5 Å². The van der Waals surface area contributed by atoms with Crippen LogP contribution >= 0.6 is 0 Å². The largest absolute Gasteiger partial charge is 0.493 e. The molecule has 0 bridgehead atoms. The first-order valence-electron chi connectivity index (χ1n) is 12.7. The van der Waals surface area contributed by atoms with Gasteiger partial charge in [0.25, 0.3) is 5.91 Å². The first kappa shape index (κ1) is 27.6. The van der Waals surface area contributed by atoms with Crippen LogP contribution in [-0.4, -0.2) is 50.0 Å². The number of hydrogen-bond donors (Lipinski definition) is 4. The maximum atomic E-state index is 13.7. The minimum Gasteiger partial charge on any atom is -0.493 e. The van der Waals surface area contributed by atoms with Crippen molar-refractivity contribution in [2.75, 3.05) is 33.7 Å². The second-order valence-corrected chi connectivity index (χ2v) is 9.36. The van der Waals surface area contributed by atoms with Gasteiger partial charge in [-0.1, -0.05) is 35.9 Å². The van der Waals surface area contributed by atoms with E-state index in [-0.39, 0.29) is 12.5 Å². The highest BCUT2D eigenvalue weighted by molar-refractivity contribution is 6.21. The van der Waals surface area contributed by atoms with Crippen molar-refractivity contribution in [2.45, 2.75) is 25.8 Å². The van der Waals surface area contributed by atoms with E-state index < -0.39 is 6.04 Å². The molecule has 0 spiro atoms. The molecule has 39 heavy (non-hydrogen) atoms. The number of carbonyl (C=O) groups is 1. The maximum absolute atomic E-state index is 13.7. The molecule has 0 aliphatic rings. The number of methoxy groups -OCH3 is 3. The van der Waals surface area contributed by atoms with E-state index in [2.05, 4.69) is 10.3 Å². The number of amides is 1. The Morgan fingerprint density at radius 3 is 2.44 bits per heavy atom. The van der Waals surface area contributed by atoms with Gasteiger partial charge in [-0.15, -0.1) is 0 Å². The van der Waals surface area contributed by atoms with E-state index in [1.165, 1.54) is 0 Å². The van der Waals surface area contributed by atoms with Crippen LogP contribution in [0, 0.1) is 6.92 Å². The number of nitrogens with one attached hydrogen (secondary N) is 2. The van der Waals surface area contributed by atoms with Crippen LogP contribution in [0.15, 0.2) is 66.9 Å². The lowest BCUT2D eigenvalue weighted by atomic mass is 9.97. The Bertz CT molecular complexity index is 1470. The number of anilines is 1. The minimum atomic E-state index is -0.493. The van der Waals surface area contributed by atoms with E-state index in [4.69, 9.17) is 19.9 Å². The van der Waals surface area contributed by atoms with Crippen molar-refractivity contribution in [1.82, 2.24) is 10.3 Å². The molecule has 0 fully saturated rings. The number of fused-ring (bicyclic) bond motifs is 1. The highest BCUT2D eigenvalue weighted by atomic mass is 16.5. The van der Waals surface area contributed by atoms with Crippen molar-refractivity contribution in [2.24, 2.45) is 0 Å². The fraction of sp³-hybridized carbons (Fsp3) is 0.258. The van der Waals surface area contributed by atoms with Crippen LogP contribution in [0.1, 0.15) is 22.3 Å². The van der Waals surface area contributed by atoms with Crippen LogP contribution in [0.2, 0.25) is 0 Å². The molecule has 1 atom stereocenters. The molecule has 1 heterocycles. The molecule has 1 aromatic heterocycles. The summed E-state index contributed by atoms with van der Waals surface area (Å²) in [6.45, 7) is 1.74. The summed E-state index contributed by atoms with van der Waals surface area (Å²) in [6.07, 6.45) is 4.62. The lowest BCUT2D eigenvalue weighted by Gasteiger charge is -2.19. The Hall–Kier alpha value is -4.43. The monoisotopic (exact) mass is 529 g/mol. The molecule has 1 amide bonds. The fourth-order valence-corrected chi connectivity index (χ4v) is 4.69. The molecule has 4 aromatic rings. The number of nitrogens with two attached hydrogens (primary N) is 1. The summed E-state index contributed by atoms with van der Waals surface area (Å²) in [4.78, 5) is 17.0. The van der Waals surface area contributed by atoms with Crippen molar-refractivity contribution in [3.8, 4) is 17.2 Å². The predicted molar refractivity (Wildman–Crippen MR) is 154 cm³/mol. The second-order valence-electron chi connectivity index (χ2n) is 9.36. The predicted octanol–water partition coefficient (Wildman–Crippen LogP) is 4.43. The first-order chi connectivity index (χ1) is 18.9. The number of benzene rings is 3. The van der Waals surface area contributed by atoms with E-state index in [0.29, 0.717) is 46.9 Å². The molecule has 0 saturated heterocycles. The number of hydrogen-bond acceptors (Lipinski definition) is 6. The number of nitrogen functional groups attached to an aromatic ring is 1. The van der Waals surface area contributed by atoms with Gasteiger partial charge >= 0.3 is 0 Å². The van der Waals surface area contributed by atoms with Crippen LogP contribution in [0.5, 0.6) is 17.2 Å². The van der Waals surface area contributed by atoms with Gasteiger partial charge in [0.05, 0.1) is 34.0 Å². The normalized spacial score (nSPS) is 12.3. The smallest absolute Gasteiger partial charge is 0.251 e. The number of rotatable bonds is 11. The Balaban J connectivity index is 1.65. The van der Waals surface area contributed by atoms with Crippen LogP contribution < -0.4 is 25.3 Å². The number of H-pyrrole nitrogens is 1. The van der Waals surface area contributed by atoms with Gasteiger partial charge in [0.15, 0.2) is 11.5 Å². The topological polar surface area (TPSA) is 119 Å². The standard InChI is InChI=1S/C31H35N3O5/c1-19-9-12-26(32)25(13-19)24(11-10-20-14-28(37-2)30(39-4)29(15-20)38-3)31(36)34-22(18-35)16-21-17-33-27-8-6-5-7-23(21)27/h5-9,11-15,17,22,33,35H,10,16,18,32H2,1-4H3,(H,34,36)/b24-11+. The van der Waals surface area contributed by atoms with Crippen LogP contribution in [-0.2, 0) is 17.6 Å². The zero-order chi connectivity index (χ0) is 27.9. The quantitative estimate of drug-likeness (QED) is 0.169. The van der Waals surface area contributed by atoms with Gasteiger partial charge in [-0.25, -0.2) is 0 Å². The van der Waals surface area contributed by atoms with Crippen molar-refractivity contribution < 1.29 is 24.1 Å². The zero-order valence-corrected chi connectivity index (χ0v) is 22.7. The Morgan fingerprint density at radius 2 is 1.77 bits per heavy atom. The third-order valence-corrected chi connectivity index (χ3v) is 6.71. The number of carbonyl (C=O) groups excluding carboxylic acids is 1.